The summed E-state index contributed by atoms with van der Waals surface area (Å²) in [6.45, 7) is 6.70. The Morgan fingerprint density at radius 3 is 2.32 bits per heavy atom. The van der Waals surface area contributed by atoms with Gasteiger partial charge >= 0.3 is 0 Å². The molecule has 3 aromatic rings. The maximum atomic E-state index is 4.74. The Kier molecular flexibility index (Phi) is 5.65. The lowest BCUT2D eigenvalue weighted by molar-refractivity contribution is 0.775. The number of rotatable bonds is 6. The van der Waals surface area contributed by atoms with Gasteiger partial charge < -0.3 is 0 Å². The highest BCUT2D eigenvalue weighted by molar-refractivity contribution is 5.50. The summed E-state index contributed by atoms with van der Waals surface area (Å²) in [6, 6.07) is 21.7. The van der Waals surface area contributed by atoms with E-state index in [0.717, 1.165) is 12.1 Å². The SMILES string of the molecule is CCCCc1cccc(C)c1[C@@H](c1ccccn1)c1ccccc1C. The van der Waals surface area contributed by atoms with Crippen LogP contribution in [0.1, 0.15) is 59.2 Å². The highest BCUT2D eigenvalue weighted by Gasteiger charge is 2.23. The van der Waals surface area contributed by atoms with Gasteiger partial charge in [0.15, 0.2) is 0 Å². The standard InChI is InChI=1S/C24H27N/c1-4-5-13-20-14-10-12-19(3)23(20)24(22-16-8-9-17-25-22)21-15-7-6-11-18(21)2/h6-12,14-17,24H,4-5,13H2,1-3H3/t24-/m1/s1. The van der Waals surface area contributed by atoms with Crippen LogP contribution in [0.2, 0.25) is 0 Å². The van der Waals surface area contributed by atoms with E-state index >= 15 is 0 Å². The second-order valence-electron chi connectivity index (χ2n) is 6.80. The average Bonchev–Trinajstić information content (AvgIpc) is 2.64. The summed E-state index contributed by atoms with van der Waals surface area (Å²) in [5.74, 6) is 0.190. The van der Waals surface area contributed by atoms with E-state index in [0.29, 0.717) is 0 Å². The van der Waals surface area contributed by atoms with Crippen molar-refractivity contribution in [2.24, 2.45) is 0 Å². The second kappa shape index (κ2) is 8.11. The molecule has 1 atom stereocenters. The molecule has 0 fully saturated rings. The van der Waals surface area contributed by atoms with Crippen LogP contribution in [0.15, 0.2) is 66.9 Å². The minimum absolute atomic E-state index is 0.190. The molecule has 0 saturated carbocycles. The molecule has 0 N–H and O–H groups in total. The van der Waals surface area contributed by atoms with Gasteiger partial charge in [0.2, 0.25) is 0 Å². The summed E-state index contributed by atoms with van der Waals surface area (Å²) < 4.78 is 0. The van der Waals surface area contributed by atoms with E-state index < -0.39 is 0 Å². The molecule has 1 heteroatoms. The Bertz CT molecular complexity index is 821. The van der Waals surface area contributed by atoms with Crippen LogP contribution in [0.4, 0.5) is 0 Å². The summed E-state index contributed by atoms with van der Waals surface area (Å²) in [7, 11) is 0. The van der Waals surface area contributed by atoms with Gasteiger partial charge in [0.1, 0.15) is 0 Å². The molecule has 0 radical (unpaired) electrons. The van der Waals surface area contributed by atoms with Crippen LogP contribution in [-0.2, 0) is 6.42 Å². The smallest absolute Gasteiger partial charge is 0.0522 e. The zero-order chi connectivity index (χ0) is 17.6. The van der Waals surface area contributed by atoms with Crippen molar-refractivity contribution in [3.05, 3.63) is 100 Å². The Morgan fingerprint density at radius 1 is 0.840 bits per heavy atom. The van der Waals surface area contributed by atoms with Crippen LogP contribution in [0.5, 0.6) is 0 Å². The van der Waals surface area contributed by atoms with Crippen LogP contribution >= 0.6 is 0 Å². The summed E-state index contributed by atoms with van der Waals surface area (Å²) in [5.41, 5.74) is 8.05. The Hall–Kier alpha value is -2.41. The van der Waals surface area contributed by atoms with Crippen molar-refractivity contribution in [2.45, 2.75) is 46.0 Å². The number of benzene rings is 2. The lowest BCUT2D eigenvalue weighted by Gasteiger charge is -2.24. The molecule has 1 aromatic heterocycles. The lowest BCUT2D eigenvalue weighted by Crippen LogP contribution is -2.11. The minimum Gasteiger partial charge on any atom is -0.260 e. The summed E-state index contributed by atoms with van der Waals surface area (Å²) in [5, 5.41) is 0. The quantitative estimate of drug-likeness (QED) is 0.523. The van der Waals surface area contributed by atoms with Crippen molar-refractivity contribution in [3.8, 4) is 0 Å². The molecular weight excluding hydrogens is 302 g/mol. The topological polar surface area (TPSA) is 12.9 Å². The second-order valence-corrected chi connectivity index (χ2v) is 6.80. The fraction of sp³-hybridized carbons (Fsp3) is 0.292. The molecule has 0 amide bonds. The number of unbranched alkanes of at least 4 members (excludes halogenated alkanes) is 1. The van der Waals surface area contributed by atoms with Gasteiger partial charge in [-0.15, -0.1) is 0 Å². The highest BCUT2D eigenvalue weighted by Crippen LogP contribution is 2.36. The maximum absolute atomic E-state index is 4.74. The molecule has 0 aliphatic heterocycles. The molecule has 0 aliphatic carbocycles. The number of hydrogen-bond acceptors (Lipinski definition) is 1. The molecule has 0 spiro atoms. The van der Waals surface area contributed by atoms with Crippen LogP contribution in [-0.4, -0.2) is 4.98 Å². The first-order valence-corrected chi connectivity index (χ1v) is 9.27. The predicted octanol–water partition coefficient (Wildman–Crippen LogP) is 6.22. The molecule has 3 rings (SSSR count). The van der Waals surface area contributed by atoms with Gasteiger partial charge in [-0.25, -0.2) is 0 Å². The van der Waals surface area contributed by atoms with Gasteiger partial charge in [0.25, 0.3) is 0 Å². The Labute approximate surface area is 151 Å². The first-order valence-electron chi connectivity index (χ1n) is 9.27. The monoisotopic (exact) mass is 329 g/mol. The number of hydrogen-bond donors (Lipinski definition) is 0. The maximum Gasteiger partial charge on any atom is 0.0522 e. The van der Waals surface area contributed by atoms with Gasteiger partial charge in [0.05, 0.1) is 11.6 Å². The largest absolute Gasteiger partial charge is 0.260 e. The minimum atomic E-state index is 0.190. The van der Waals surface area contributed by atoms with E-state index in [2.05, 4.69) is 75.4 Å². The number of aryl methyl sites for hydroxylation is 3. The van der Waals surface area contributed by atoms with Gasteiger partial charge in [-0.3, -0.25) is 4.98 Å². The lowest BCUT2D eigenvalue weighted by atomic mass is 9.80. The molecule has 0 saturated heterocycles. The molecule has 1 heterocycles. The number of pyridine rings is 1. The van der Waals surface area contributed by atoms with E-state index in [1.807, 2.05) is 12.3 Å². The Morgan fingerprint density at radius 2 is 1.60 bits per heavy atom. The van der Waals surface area contributed by atoms with Gasteiger partial charge in [0, 0.05) is 6.20 Å². The summed E-state index contributed by atoms with van der Waals surface area (Å²) in [6.07, 6.45) is 5.47. The molecule has 0 bridgehead atoms. The van der Waals surface area contributed by atoms with Crippen LogP contribution in [0, 0.1) is 13.8 Å². The number of aromatic nitrogens is 1. The van der Waals surface area contributed by atoms with Gasteiger partial charge in [-0.1, -0.05) is 61.9 Å². The predicted molar refractivity (Wildman–Crippen MR) is 106 cm³/mol. The van der Waals surface area contributed by atoms with Gasteiger partial charge in [-0.05, 0) is 66.6 Å². The van der Waals surface area contributed by atoms with Crippen molar-refractivity contribution >= 4 is 0 Å². The van der Waals surface area contributed by atoms with E-state index in [1.165, 1.54) is 40.7 Å². The van der Waals surface area contributed by atoms with E-state index in [-0.39, 0.29) is 5.92 Å². The molecule has 1 nitrogen and oxygen atoms in total. The first-order chi connectivity index (χ1) is 12.2. The molecule has 25 heavy (non-hydrogen) atoms. The van der Waals surface area contributed by atoms with Crippen LogP contribution < -0.4 is 0 Å². The molecule has 0 aliphatic rings. The third kappa shape index (κ3) is 3.82. The number of nitrogens with zero attached hydrogens (tertiary/aromatic N) is 1. The first kappa shape index (κ1) is 17.4. The molecule has 128 valence electrons. The third-order valence-electron chi connectivity index (χ3n) is 4.99. The van der Waals surface area contributed by atoms with Crippen LogP contribution in [0.25, 0.3) is 0 Å². The fourth-order valence-corrected chi connectivity index (χ4v) is 3.66. The zero-order valence-corrected chi connectivity index (χ0v) is 15.5. The summed E-state index contributed by atoms with van der Waals surface area (Å²) in [4.78, 5) is 4.74. The van der Waals surface area contributed by atoms with Crippen molar-refractivity contribution in [1.29, 1.82) is 0 Å². The van der Waals surface area contributed by atoms with E-state index in [1.54, 1.807) is 0 Å². The summed E-state index contributed by atoms with van der Waals surface area (Å²) >= 11 is 0. The van der Waals surface area contributed by atoms with Crippen molar-refractivity contribution < 1.29 is 0 Å². The van der Waals surface area contributed by atoms with Crippen molar-refractivity contribution in [3.63, 3.8) is 0 Å². The molecular formula is C24H27N. The van der Waals surface area contributed by atoms with Crippen LogP contribution in [0.3, 0.4) is 0 Å². The molecule has 2 aromatic carbocycles. The van der Waals surface area contributed by atoms with Crippen molar-refractivity contribution in [2.75, 3.05) is 0 Å². The normalized spacial score (nSPS) is 12.1. The zero-order valence-electron chi connectivity index (χ0n) is 15.5. The molecule has 0 unspecified atom stereocenters. The average molecular weight is 329 g/mol. The van der Waals surface area contributed by atoms with Crippen molar-refractivity contribution in [1.82, 2.24) is 4.98 Å². The Balaban J connectivity index is 2.21. The van der Waals surface area contributed by atoms with E-state index in [4.69, 9.17) is 4.98 Å². The third-order valence-corrected chi connectivity index (χ3v) is 4.99. The van der Waals surface area contributed by atoms with Gasteiger partial charge in [-0.2, -0.15) is 0 Å². The fourth-order valence-electron chi connectivity index (χ4n) is 3.66. The van der Waals surface area contributed by atoms with E-state index in [9.17, 15) is 0 Å². The highest BCUT2D eigenvalue weighted by atomic mass is 14.7.